The van der Waals surface area contributed by atoms with E-state index in [4.69, 9.17) is 5.73 Å². The van der Waals surface area contributed by atoms with Crippen molar-refractivity contribution in [2.45, 2.75) is 13.5 Å². The zero-order valence-electron chi connectivity index (χ0n) is 9.83. The fourth-order valence-electron chi connectivity index (χ4n) is 1.69. The number of halogens is 1. The van der Waals surface area contributed by atoms with E-state index < -0.39 is 0 Å². The Kier molecular flexibility index (Phi) is 3.65. The van der Waals surface area contributed by atoms with Gasteiger partial charge in [0.05, 0.1) is 11.9 Å². The fourth-order valence-corrected chi connectivity index (χ4v) is 2.44. The number of imidazole rings is 1. The van der Waals surface area contributed by atoms with Crippen molar-refractivity contribution < 1.29 is 0 Å². The number of hydrogen-bond acceptors (Lipinski definition) is 4. The van der Waals surface area contributed by atoms with E-state index in [1.54, 1.807) is 4.52 Å². The minimum Gasteiger partial charge on any atom is -0.324 e. The summed E-state index contributed by atoms with van der Waals surface area (Å²) in [6.45, 7) is 2.54. The fraction of sp³-hybridized carbons (Fsp3) is 0.167. The Morgan fingerprint density at radius 1 is 1.28 bits per heavy atom. The van der Waals surface area contributed by atoms with E-state index in [-0.39, 0.29) is 12.4 Å². The number of nitrogens with two attached hydrogens (primary N) is 1. The SMILES string of the molecule is Cc1ccc(-c2cn3nc(CN)sc3n2)cc1.Cl. The van der Waals surface area contributed by atoms with E-state index in [9.17, 15) is 0 Å². The Morgan fingerprint density at radius 3 is 2.61 bits per heavy atom. The van der Waals surface area contributed by atoms with Gasteiger partial charge in [-0.1, -0.05) is 41.2 Å². The van der Waals surface area contributed by atoms with Crippen LogP contribution in [0, 0.1) is 6.92 Å². The van der Waals surface area contributed by atoms with Crippen LogP contribution in [0.15, 0.2) is 30.5 Å². The molecule has 94 valence electrons. The normalized spacial score (nSPS) is 10.6. The van der Waals surface area contributed by atoms with Crippen molar-refractivity contribution >= 4 is 28.7 Å². The van der Waals surface area contributed by atoms with Gasteiger partial charge in [0.15, 0.2) is 0 Å². The monoisotopic (exact) mass is 280 g/mol. The van der Waals surface area contributed by atoms with E-state index in [0.717, 1.165) is 21.2 Å². The molecule has 3 aromatic rings. The molecular weight excluding hydrogens is 268 g/mol. The van der Waals surface area contributed by atoms with Crippen molar-refractivity contribution in [2.75, 3.05) is 0 Å². The molecule has 0 aliphatic heterocycles. The third-order valence-electron chi connectivity index (χ3n) is 2.61. The quantitative estimate of drug-likeness (QED) is 0.785. The summed E-state index contributed by atoms with van der Waals surface area (Å²) in [4.78, 5) is 5.43. The number of aromatic nitrogens is 3. The highest BCUT2D eigenvalue weighted by molar-refractivity contribution is 7.16. The molecule has 6 heteroatoms. The van der Waals surface area contributed by atoms with Gasteiger partial charge in [0.2, 0.25) is 4.96 Å². The second-order valence-electron chi connectivity index (χ2n) is 3.92. The highest BCUT2D eigenvalue weighted by Gasteiger charge is 2.08. The van der Waals surface area contributed by atoms with Gasteiger partial charge in [0, 0.05) is 12.1 Å². The predicted molar refractivity (Wildman–Crippen MR) is 76.2 cm³/mol. The second-order valence-corrected chi connectivity index (χ2v) is 4.96. The highest BCUT2D eigenvalue weighted by atomic mass is 35.5. The Hall–Kier alpha value is -1.43. The lowest BCUT2D eigenvalue weighted by atomic mass is 10.1. The van der Waals surface area contributed by atoms with Gasteiger partial charge in [-0.2, -0.15) is 5.10 Å². The lowest BCUT2D eigenvalue weighted by Crippen LogP contribution is -1.95. The lowest BCUT2D eigenvalue weighted by molar-refractivity contribution is 0.897. The zero-order valence-corrected chi connectivity index (χ0v) is 11.5. The third-order valence-corrected chi connectivity index (χ3v) is 3.55. The number of rotatable bonds is 2. The number of aryl methyl sites for hydroxylation is 1. The standard InChI is InChI=1S/C12H12N4S.ClH/c1-8-2-4-9(5-3-8)10-7-16-12(14-10)17-11(6-13)15-16;/h2-5,7H,6,13H2,1H3;1H. The summed E-state index contributed by atoms with van der Waals surface area (Å²) in [6, 6.07) is 8.32. The van der Waals surface area contributed by atoms with Crippen LogP contribution in [0.3, 0.4) is 0 Å². The van der Waals surface area contributed by atoms with E-state index >= 15 is 0 Å². The van der Waals surface area contributed by atoms with E-state index in [0.29, 0.717) is 6.54 Å². The van der Waals surface area contributed by atoms with Crippen LogP contribution < -0.4 is 5.73 Å². The van der Waals surface area contributed by atoms with Crippen LogP contribution in [0.1, 0.15) is 10.6 Å². The molecule has 0 saturated carbocycles. The second kappa shape index (κ2) is 5.06. The van der Waals surface area contributed by atoms with Crippen LogP contribution in [-0.4, -0.2) is 14.6 Å². The molecule has 1 aromatic carbocycles. The van der Waals surface area contributed by atoms with Gasteiger partial charge >= 0.3 is 0 Å². The number of benzene rings is 1. The van der Waals surface area contributed by atoms with Crippen LogP contribution >= 0.6 is 23.7 Å². The Morgan fingerprint density at radius 2 is 2.00 bits per heavy atom. The molecule has 0 saturated heterocycles. The molecular formula is C12H13ClN4S. The van der Waals surface area contributed by atoms with Crippen LogP contribution in [0.25, 0.3) is 16.2 Å². The Bertz CT molecular complexity index is 625. The number of nitrogens with zero attached hydrogens (tertiary/aromatic N) is 3. The van der Waals surface area contributed by atoms with Crippen molar-refractivity contribution in [1.82, 2.24) is 14.6 Å². The number of fused-ring (bicyclic) bond motifs is 1. The van der Waals surface area contributed by atoms with Gasteiger partial charge in [-0.15, -0.1) is 12.4 Å². The zero-order chi connectivity index (χ0) is 11.8. The van der Waals surface area contributed by atoms with Gasteiger partial charge in [-0.3, -0.25) is 0 Å². The predicted octanol–water partition coefficient (Wildman–Crippen LogP) is 2.65. The van der Waals surface area contributed by atoms with Crippen molar-refractivity contribution in [3.05, 3.63) is 41.0 Å². The van der Waals surface area contributed by atoms with Gasteiger partial charge in [-0.05, 0) is 6.92 Å². The molecule has 18 heavy (non-hydrogen) atoms. The van der Waals surface area contributed by atoms with Crippen molar-refractivity contribution in [3.63, 3.8) is 0 Å². The summed E-state index contributed by atoms with van der Waals surface area (Å²) in [6.07, 6.45) is 1.94. The van der Waals surface area contributed by atoms with Crippen molar-refractivity contribution in [3.8, 4) is 11.3 Å². The molecule has 4 nitrogen and oxygen atoms in total. The molecule has 3 rings (SSSR count). The van der Waals surface area contributed by atoms with Crippen molar-refractivity contribution in [1.29, 1.82) is 0 Å². The average Bonchev–Trinajstić information content (AvgIpc) is 2.87. The molecule has 2 N–H and O–H groups in total. The highest BCUT2D eigenvalue weighted by Crippen LogP contribution is 2.22. The molecule has 2 heterocycles. The van der Waals surface area contributed by atoms with Gasteiger partial charge in [0.1, 0.15) is 5.01 Å². The molecule has 0 unspecified atom stereocenters. The van der Waals surface area contributed by atoms with Gasteiger partial charge in [0.25, 0.3) is 0 Å². The van der Waals surface area contributed by atoms with E-state index in [1.165, 1.54) is 16.9 Å². The molecule has 0 amide bonds. The molecule has 0 bridgehead atoms. The topological polar surface area (TPSA) is 56.2 Å². The smallest absolute Gasteiger partial charge is 0.212 e. The maximum absolute atomic E-state index is 5.55. The van der Waals surface area contributed by atoms with Gasteiger partial charge < -0.3 is 5.73 Å². The molecule has 0 spiro atoms. The average molecular weight is 281 g/mol. The first kappa shape index (κ1) is 13.0. The minimum atomic E-state index is 0. The summed E-state index contributed by atoms with van der Waals surface area (Å²) < 4.78 is 1.79. The molecule has 0 radical (unpaired) electrons. The maximum atomic E-state index is 5.55. The first-order valence-corrected chi connectivity index (χ1v) is 6.20. The first-order valence-electron chi connectivity index (χ1n) is 5.38. The lowest BCUT2D eigenvalue weighted by Gasteiger charge is -1.96. The largest absolute Gasteiger partial charge is 0.324 e. The van der Waals surface area contributed by atoms with Crippen LogP contribution in [0.5, 0.6) is 0 Å². The third kappa shape index (κ3) is 2.25. The van der Waals surface area contributed by atoms with E-state index in [2.05, 4.69) is 41.3 Å². The summed E-state index contributed by atoms with van der Waals surface area (Å²) >= 11 is 1.53. The summed E-state index contributed by atoms with van der Waals surface area (Å²) in [7, 11) is 0. The Labute approximate surface area is 115 Å². The molecule has 2 aromatic heterocycles. The molecule has 0 fully saturated rings. The number of hydrogen-bond donors (Lipinski definition) is 1. The first-order chi connectivity index (χ1) is 8.26. The molecule has 0 atom stereocenters. The van der Waals surface area contributed by atoms with Crippen LogP contribution in [0.4, 0.5) is 0 Å². The summed E-state index contributed by atoms with van der Waals surface area (Å²) in [5.41, 5.74) is 8.86. The molecule has 0 aliphatic carbocycles. The molecule has 0 aliphatic rings. The van der Waals surface area contributed by atoms with E-state index in [1.807, 2.05) is 6.20 Å². The minimum absolute atomic E-state index is 0. The summed E-state index contributed by atoms with van der Waals surface area (Å²) in [5.74, 6) is 0. The summed E-state index contributed by atoms with van der Waals surface area (Å²) in [5, 5.41) is 5.25. The van der Waals surface area contributed by atoms with Crippen molar-refractivity contribution in [2.24, 2.45) is 5.73 Å². The van der Waals surface area contributed by atoms with Crippen LogP contribution in [-0.2, 0) is 6.54 Å². The Balaban J connectivity index is 0.00000120. The van der Waals surface area contributed by atoms with Gasteiger partial charge in [-0.25, -0.2) is 9.50 Å². The van der Waals surface area contributed by atoms with Crippen LogP contribution in [0.2, 0.25) is 0 Å². The maximum Gasteiger partial charge on any atom is 0.212 e.